The lowest BCUT2D eigenvalue weighted by atomic mass is 10.2. The minimum Gasteiger partial charge on any atom is -0.396 e. The maximum absolute atomic E-state index is 13.2. The lowest BCUT2D eigenvalue weighted by molar-refractivity contribution is 0.0959. The zero-order chi connectivity index (χ0) is 13.8. The summed E-state index contributed by atoms with van der Waals surface area (Å²) in [5, 5.41) is 14.3. The summed E-state index contributed by atoms with van der Waals surface area (Å²) in [6, 6.07) is 2.75. The molecule has 2 N–H and O–H groups in total. The monoisotopic (exact) mass is 299 g/mol. The average Bonchev–Trinajstić information content (AvgIpc) is 2.98. The van der Waals surface area contributed by atoms with Crippen LogP contribution in [0.4, 0.5) is 10.1 Å². The van der Waals surface area contributed by atoms with Crippen LogP contribution >= 0.6 is 22.7 Å². The highest BCUT2D eigenvalue weighted by atomic mass is 32.1. The first-order valence-electron chi connectivity index (χ1n) is 5.38. The molecule has 0 spiro atoms. The van der Waals surface area contributed by atoms with Crippen molar-refractivity contribution in [2.75, 3.05) is 11.9 Å². The summed E-state index contributed by atoms with van der Waals surface area (Å²) >= 11 is 2.19. The molecule has 100 valence electrons. The van der Waals surface area contributed by atoms with Crippen LogP contribution in [-0.2, 0) is 0 Å². The highest BCUT2D eigenvalue weighted by Gasteiger charge is 2.15. The summed E-state index contributed by atoms with van der Waals surface area (Å²) in [7, 11) is 0. The maximum Gasteiger partial charge on any atom is 0.268 e. The third-order valence-corrected chi connectivity index (χ3v) is 4.15. The molecule has 2 aromatic rings. The molecule has 0 radical (unpaired) electrons. The van der Waals surface area contributed by atoms with Gasteiger partial charge in [0, 0.05) is 11.8 Å². The molecule has 0 aromatic carbocycles. The molecule has 2 rings (SSSR count). The van der Waals surface area contributed by atoms with Gasteiger partial charge in [-0.1, -0.05) is 0 Å². The number of hydrogen-bond acceptors (Lipinski definition) is 5. The van der Waals surface area contributed by atoms with Crippen LogP contribution in [0.15, 0.2) is 22.9 Å². The van der Waals surface area contributed by atoms with Crippen molar-refractivity contribution in [1.82, 2.24) is 0 Å². The molecule has 1 amide bonds. The third-order valence-electron chi connectivity index (χ3n) is 2.29. The van der Waals surface area contributed by atoms with Crippen LogP contribution in [0.3, 0.4) is 0 Å². The van der Waals surface area contributed by atoms with Crippen molar-refractivity contribution in [3.63, 3.8) is 0 Å². The second kappa shape index (κ2) is 6.05. The Hall–Kier alpha value is -1.57. The van der Waals surface area contributed by atoms with Gasteiger partial charge in [-0.05, 0) is 17.5 Å². The van der Waals surface area contributed by atoms with E-state index < -0.39 is 11.7 Å². The molecule has 0 fully saturated rings. The van der Waals surface area contributed by atoms with E-state index in [0.29, 0.717) is 10.6 Å². The van der Waals surface area contributed by atoms with E-state index in [9.17, 15) is 14.0 Å². The fourth-order valence-corrected chi connectivity index (χ4v) is 2.89. The number of rotatable bonds is 5. The Morgan fingerprint density at radius 1 is 1.37 bits per heavy atom. The van der Waals surface area contributed by atoms with E-state index in [-0.39, 0.29) is 23.7 Å². The lowest BCUT2D eigenvalue weighted by Crippen LogP contribution is -2.11. The molecule has 7 heteroatoms. The first-order chi connectivity index (χ1) is 9.11. The van der Waals surface area contributed by atoms with Gasteiger partial charge < -0.3 is 10.4 Å². The number of carbonyl (C=O) groups is 2. The van der Waals surface area contributed by atoms with Gasteiger partial charge in [-0.15, -0.1) is 22.7 Å². The van der Waals surface area contributed by atoms with Gasteiger partial charge in [0.15, 0.2) is 5.78 Å². The maximum atomic E-state index is 13.2. The van der Waals surface area contributed by atoms with E-state index in [4.69, 9.17) is 5.11 Å². The van der Waals surface area contributed by atoms with Crippen molar-refractivity contribution in [1.29, 1.82) is 0 Å². The molecular weight excluding hydrogens is 289 g/mol. The topological polar surface area (TPSA) is 66.4 Å². The van der Waals surface area contributed by atoms with Crippen LogP contribution in [0.5, 0.6) is 0 Å². The molecule has 0 aliphatic carbocycles. The van der Waals surface area contributed by atoms with Gasteiger partial charge in [-0.3, -0.25) is 9.59 Å². The highest BCUT2D eigenvalue weighted by molar-refractivity contribution is 7.13. The van der Waals surface area contributed by atoms with Crippen molar-refractivity contribution >= 4 is 40.1 Å². The van der Waals surface area contributed by atoms with E-state index in [0.717, 1.165) is 11.3 Å². The molecule has 0 atom stereocenters. The number of halogens is 1. The highest BCUT2D eigenvalue weighted by Crippen LogP contribution is 2.23. The predicted molar refractivity (Wildman–Crippen MR) is 72.6 cm³/mol. The molecule has 19 heavy (non-hydrogen) atoms. The third kappa shape index (κ3) is 3.25. The van der Waals surface area contributed by atoms with Gasteiger partial charge in [0.1, 0.15) is 10.7 Å². The van der Waals surface area contributed by atoms with E-state index in [1.807, 2.05) is 0 Å². The number of thiophene rings is 2. The summed E-state index contributed by atoms with van der Waals surface area (Å²) in [5.41, 5.74) is 0.448. The molecule has 0 bridgehead atoms. The number of Topliss-reactive ketones (excluding diaryl/α,β-unsaturated/α-hetero) is 1. The van der Waals surface area contributed by atoms with Crippen molar-refractivity contribution in [3.05, 3.63) is 38.5 Å². The molecule has 0 aliphatic rings. The number of amides is 1. The Labute approximate surface area is 116 Å². The van der Waals surface area contributed by atoms with E-state index in [1.54, 1.807) is 5.38 Å². The molecule has 0 aliphatic heterocycles. The number of nitrogens with one attached hydrogen (secondary N) is 1. The van der Waals surface area contributed by atoms with Crippen LogP contribution in [0.1, 0.15) is 25.8 Å². The number of ketones is 1. The second-order valence-electron chi connectivity index (χ2n) is 3.65. The predicted octanol–water partition coefficient (Wildman–Crippen LogP) is 2.77. The summed E-state index contributed by atoms with van der Waals surface area (Å²) in [4.78, 5) is 23.7. The Bertz CT molecular complexity index is 606. The van der Waals surface area contributed by atoms with Crippen molar-refractivity contribution in [2.45, 2.75) is 6.42 Å². The Morgan fingerprint density at radius 2 is 2.16 bits per heavy atom. The zero-order valence-electron chi connectivity index (χ0n) is 9.68. The van der Waals surface area contributed by atoms with Crippen LogP contribution in [0, 0.1) is 5.82 Å². The molecule has 4 nitrogen and oxygen atoms in total. The summed E-state index contributed by atoms with van der Waals surface area (Å²) in [5.74, 6) is -1.28. The van der Waals surface area contributed by atoms with Gasteiger partial charge >= 0.3 is 0 Å². The normalized spacial score (nSPS) is 10.4. The SMILES string of the molecule is O=C(CCO)c1cc(NC(=O)c2sccc2F)cs1. The first-order valence-corrected chi connectivity index (χ1v) is 7.14. The molecule has 0 unspecified atom stereocenters. The van der Waals surface area contributed by atoms with Gasteiger partial charge in [0.2, 0.25) is 0 Å². The Morgan fingerprint density at radius 3 is 2.79 bits per heavy atom. The van der Waals surface area contributed by atoms with Crippen LogP contribution in [0.25, 0.3) is 0 Å². The summed E-state index contributed by atoms with van der Waals surface area (Å²) < 4.78 is 13.2. The fourth-order valence-electron chi connectivity index (χ4n) is 1.42. The van der Waals surface area contributed by atoms with Crippen LogP contribution < -0.4 is 5.32 Å². The van der Waals surface area contributed by atoms with Crippen molar-refractivity contribution in [2.24, 2.45) is 0 Å². The van der Waals surface area contributed by atoms with E-state index in [1.165, 1.54) is 28.8 Å². The first kappa shape index (κ1) is 13.9. The minimum absolute atomic E-state index is 0.00874. The molecular formula is C12H10FNO3S2. The number of carbonyl (C=O) groups excluding carboxylic acids is 2. The summed E-state index contributed by atoms with van der Waals surface area (Å²) in [6.45, 7) is -0.209. The van der Waals surface area contributed by atoms with Gasteiger partial charge in [-0.2, -0.15) is 0 Å². The molecule has 2 aromatic heterocycles. The molecule has 0 saturated heterocycles. The van der Waals surface area contributed by atoms with E-state index in [2.05, 4.69) is 5.32 Å². The standard InChI is InChI=1S/C12H10FNO3S2/c13-8-2-4-18-11(8)12(17)14-7-5-10(19-6-7)9(16)1-3-15/h2,4-6,15H,1,3H2,(H,14,17). The average molecular weight is 299 g/mol. The number of hydrogen-bond donors (Lipinski definition) is 2. The number of aliphatic hydroxyl groups is 1. The van der Waals surface area contributed by atoms with Crippen LogP contribution in [0.2, 0.25) is 0 Å². The van der Waals surface area contributed by atoms with Gasteiger partial charge in [0.25, 0.3) is 5.91 Å². The fraction of sp³-hybridized carbons (Fsp3) is 0.167. The van der Waals surface area contributed by atoms with E-state index >= 15 is 0 Å². The van der Waals surface area contributed by atoms with Crippen molar-refractivity contribution < 1.29 is 19.1 Å². The largest absolute Gasteiger partial charge is 0.396 e. The Balaban J connectivity index is 2.06. The Kier molecular flexibility index (Phi) is 4.41. The molecule has 0 saturated carbocycles. The molecule has 2 heterocycles. The van der Waals surface area contributed by atoms with Crippen molar-refractivity contribution in [3.8, 4) is 0 Å². The van der Waals surface area contributed by atoms with Gasteiger partial charge in [-0.25, -0.2) is 4.39 Å². The second-order valence-corrected chi connectivity index (χ2v) is 5.48. The lowest BCUT2D eigenvalue weighted by Gasteiger charge is -1.99. The van der Waals surface area contributed by atoms with Gasteiger partial charge in [0.05, 0.1) is 17.2 Å². The van der Waals surface area contributed by atoms with Crippen LogP contribution in [-0.4, -0.2) is 23.4 Å². The summed E-state index contributed by atoms with van der Waals surface area (Å²) in [6.07, 6.45) is 0.0491. The number of anilines is 1. The smallest absolute Gasteiger partial charge is 0.268 e. The number of aliphatic hydroxyl groups excluding tert-OH is 1. The minimum atomic E-state index is -0.561. The quantitative estimate of drug-likeness (QED) is 0.834. The zero-order valence-corrected chi connectivity index (χ0v) is 11.3.